The largest absolute Gasteiger partial charge is 0.493 e. The summed E-state index contributed by atoms with van der Waals surface area (Å²) in [6.07, 6.45) is -0.325. The molecule has 30 heavy (non-hydrogen) atoms. The maximum atomic E-state index is 12.3. The van der Waals surface area contributed by atoms with Crippen molar-refractivity contribution in [2.75, 3.05) is 41.2 Å². The molecule has 2 N–H and O–H groups in total. The van der Waals surface area contributed by atoms with Crippen molar-refractivity contribution in [3.05, 3.63) is 47.5 Å². The number of carbonyl (C=O) groups is 1. The van der Waals surface area contributed by atoms with E-state index < -0.39 is 18.0 Å². The number of hydrogen-bond acceptors (Lipinski definition) is 8. The van der Waals surface area contributed by atoms with Gasteiger partial charge in [0.1, 0.15) is 0 Å². The summed E-state index contributed by atoms with van der Waals surface area (Å²) in [7, 11) is 4.50. The summed E-state index contributed by atoms with van der Waals surface area (Å²) in [6, 6.07) is 10.9. The van der Waals surface area contributed by atoms with Gasteiger partial charge < -0.3 is 34.1 Å². The molecule has 8 nitrogen and oxygen atoms in total. The fraction of sp³-hybridized carbons (Fsp3) is 0.409. The molecule has 8 heteroatoms. The van der Waals surface area contributed by atoms with Gasteiger partial charge in [-0.15, -0.1) is 0 Å². The van der Waals surface area contributed by atoms with Crippen molar-refractivity contribution < 1.29 is 33.6 Å². The second kappa shape index (κ2) is 10.2. The van der Waals surface area contributed by atoms with Crippen molar-refractivity contribution in [1.82, 2.24) is 5.32 Å². The van der Waals surface area contributed by atoms with Crippen LogP contribution in [0.25, 0.3) is 0 Å². The highest BCUT2D eigenvalue weighted by molar-refractivity contribution is 5.73. The van der Waals surface area contributed by atoms with Crippen LogP contribution in [0.15, 0.2) is 36.4 Å². The lowest BCUT2D eigenvalue weighted by Crippen LogP contribution is -2.34. The van der Waals surface area contributed by atoms with Crippen molar-refractivity contribution in [2.24, 2.45) is 5.92 Å². The van der Waals surface area contributed by atoms with E-state index in [1.165, 1.54) is 7.11 Å². The third-order valence-electron chi connectivity index (χ3n) is 5.03. The van der Waals surface area contributed by atoms with Crippen LogP contribution < -0.4 is 24.3 Å². The van der Waals surface area contributed by atoms with Crippen LogP contribution >= 0.6 is 0 Å². The molecule has 0 fully saturated rings. The smallest absolute Gasteiger partial charge is 0.312 e. The van der Waals surface area contributed by atoms with Crippen LogP contribution in [0.3, 0.4) is 0 Å². The molecule has 2 aromatic rings. The molecule has 1 aliphatic heterocycles. The molecule has 0 aromatic heterocycles. The number of hydrogen-bond donors (Lipinski definition) is 2. The number of nitrogens with one attached hydrogen (secondary N) is 1. The molecule has 3 rings (SSSR count). The Kier molecular flexibility index (Phi) is 7.37. The number of fused-ring (bicyclic) bond motifs is 1. The zero-order chi connectivity index (χ0) is 21.5. The van der Waals surface area contributed by atoms with Gasteiger partial charge in [0.25, 0.3) is 0 Å². The highest BCUT2D eigenvalue weighted by Crippen LogP contribution is 2.36. The second-order valence-corrected chi connectivity index (χ2v) is 6.83. The lowest BCUT2D eigenvalue weighted by molar-refractivity contribution is -0.149. The molecular weight excluding hydrogens is 390 g/mol. The molecule has 0 saturated carbocycles. The zero-order valence-corrected chi connectivity index (χ0v) is 17.3. The molecule has 2 unspecified atom stereocenters. The molecule has 1 heterocycles. The van der Waals surface area contributed by atoms with Gasteiger partial charge in [0, 0.05) is 6.54 Å². The molecule has 0 radical (unpaired) electrons. The van der Waals surface area contributed by atoms with E-state index in [4.69, 9.17) is 23.7 Å². The van der Waals surface area contributed by atoms with E-state index in [2.05, 4.69) is 5.32 Å². The first-order valence-electron chi connectivity index (χ1n) is 9.64. The number of ether oxygens (including phenoxy) is 5. The summed E-state index contributed by atoms with van der Waals surface area (Å²) in [5.41, 5.74) is 1.63. The summed E-state index contributed by atoms with van der Waals surface area (Å²) < 4.78 is 26.1. The minimum absolute atomic E-state index is 0.146. The van der Waals surface area contributed by atoms with Crippen LogP contribution in [0.2, 0.25) is 0 Å². The van der Waals surface area contributed by atoms with Gasteiger partial charge in [-0.1, -0.05) is 12.1 Å². The summed E-state index contributed by atoms with van der Waals surface area (Å²) >= 11 is 0. The molecule has 0 bridgehead atoms. The second-order valence-electron chi connectivity index (χ2n) is 6.83. The zero-order valence-electron chi connectivity index (χ0n) is 17.3. The molecule has 0 spiro atoms. The number of benzene rings is 2. The van der Waals surface area contributed by atoms with E-state index in [1.807, 2.05) is 18.2 Å². The predicted molar refractivity (Wildman–Crippen MR) is 109 cm³/mol. The van der Waals surface area contributed by atoms with Gasteiger partial charge in [0.2, 0.25) is 6.79 Å². The van der Waals surface area contributed by atoms with E-state index >= 15 is 0 Å². The lowest BCUT2D eigenvalue weighted by atomic mass is 9.95. The Morgan fingerprint density at radius 1 is 1.07 bits per heavy atom. The van der Waals surface area contributed by atoms with Crippen molar-refractivity contribution in [3.63, 3.8) is 0 Å². The Morgan fingerprint density at radius 2 is 1.83 bits per heavy atom. The van der Waals surface area contributed by atoms with Gasteiger partial charge in [-0.3, -0.25) is 4.79 Å². The maximum absolute atomic E-state index is 12.3. The number of methoxy groups -OCH3 is 3. The first-order chi connectivity index (χ1) is 14.6. The van der Waals surface area contributed by atoms with Crippen LogP contribution in [0.1, 0.15) is 17.2 Å². The van der Waals surface area contributed by atoms with Crippen molar-refractivity contribution in [2.45, 2.75) is 12.5 Å². The molecule has 0 amide bonds. The van der Waals surface area contributed by atoms with Gasteiger partial charge in [0.15, 0.2) is 23.0 Å². The van der Waals surface area contributed by atoms with Gasteiger partial charge in [-0.25, -0.2) is 0 Å². The predicted octanol–water partition coefficient (Wildman–Crippen LogP) is 2.09. The molecule has 162 valence electrons. The third-order valence-corrected chi connectivity index (χ3v) is 5.03. The number of esters is 1. The molecule has 2 aromatic carbocycles. The number of aliphatic hydroxyl groups is 1. The Hall–Kier alpha value is -2.97. The van der Waals surface area contributed by atoms with Gasteiger partial charge >= 0.3 is 5.97 Å². The quantitative estimate of drug-likeness (QED) is 0.448. The molecule has 0 saturated heterocycles. The Balaban J connectivity index is 1.59. The third kappa shape index (κ3) is 4.95. The monoisotopic (exact) mass is 417 g/mol. The van der Waals surface area contributed by atoms with Gasteiger partial charge in [0.05, 0.1) is 33.4 Å². The van der Waals surface area contributed by atoms with Crippen LogP contribution in [0.4, 0.5) is 0 Å². The molecule has 2 atom stereocenters. The minimum Gasteiger partial charge on any atom is -0.493 e. The van der Waals surface area contributed by atoms with Crippen molar-refractivity contribution >= 4 is 5.97 Å². The highest BCUT2D eigenvalue weighted by atomic mass is 16.7. The van der Waals surface area contributed by atoms with E-state index in [-0.39, 0.29) is 13.3 Å². The van der Waals surface area contributed by atoms with E-state index in [0.717, 1.165) is 5.56 Å². The number of aliphatic hydroxyl groups excluding tert-OH is 1. The summed E-state index contributed by atoms with van der Waals surface area (Å²) in [6.45, 7) is 1.01. The fourth-order valence-corrected chi connectivity index (χ4v) is 3.33. The number of carbonyl (C=O) groups excluding carboxylic acids is 1. The Morgan fingerprint density at radius 3 is 2.57 bits per heavy atom. The highest BCUT2D eigenvalue weighted by Gasteiger charge is 2.30. The van der Waals surface area contributed by atoms with Crippen LogP contribution in [0.5, 0.6) is 23.0 Å². The summed E-state index contributed by atoms with van der Waals surface area (Å²) in [5, 5.41) is 14.0. The molecule has 0 aliphatic carbocycles. The van der Waals surface area contributed by atoms with E-state index in [0.29, 0.717) is 41.5 Å². The lowest BCUT2D eigenvalue weighted by Gasteiger charge is -2.22. The van der Waals surface area contributed by atoms with Gasteiger partial charge in [-0.2, -0.15) is 0 Å². The summed E-state index contributed by atoms with van der Waals surface area (Å²) in [5.74, 6) is 1.26. The van der Waals surface area contributed by atoms with Crippen molar-refractivity contribution in [3.8, 4) is 23.0 Å². The first-order valence-corrected chi connectivity index (χ1v) is 9.64. The van der Waals surface area contributed by atoms with E-state index in [1.54, 1.807) is 32.4 Å². The fourth-order valence-electron chi connectivity index (χ4n) is 3.33. The molecular formula is C22H27NO7. The topological polar surface area (TPSA) is 95.5 Å². The average molecular weight is 417 g/mol. The number of rotatable bonds is 10. The SMILES string of the molecule is COC(=O)C(CNCCc1ccc(OC)c(OC)c1)C(O)c1ccc2c(c1)OCO2. The minimum atomic E-state index is -1.04. The first kappa shape index (κ1) is 21.7. The van der Waals surface area contributed by atoms with Crippen LogP contribution in [0, 0.1) is 5.92 Å². The van der Waals surface area contributed by atoms with Crippen LogP contribution in [-0.4, -0.2) is 52.3 Å². The normalized spacial score (nSPS) is 14.1. The van der Waals surface area contributed by atoms with Crippen LogP contribution in [-0.2, 0) is 16.0 Å². The standard InChI is InChI=1S/C22H27NO7/c1-26-17-6-4-14(10-19(17)27-2)8-9-23-12-16(22(25)28-3)21(24)15-5-7-18-20(11-15)30-13-29-18/h4-7,10-11,16,21,23-24H,8-9,12-13H2,1-3H3. The molecule has 1 aliphatic rings. The Labute approximate surface area is 175 Å². The van der Waals surface area contributed by atoms with Crippen molar-refractivity contribution in [1.29, 1.82) is 0 Å². The Bertz CT molecular complexity index is 871. The summed E-state index contributed by atoms with van der Waals surface area (Å²) in [4.78, 5) is 12.3. The van der Waals surface area contributed by atoms with E-state index in [9.17, 15) is 9.90 Å². The maximum Gasteiger partial charge on any atom is 0.312 e. The van der Waals surface area contributed by atoms with Gasteiger partial charge in [-0.05, 0) is 48.4 Å². The average Bonchev–Trinajstić information content (AvgIpc) is 3.26.